The third-order valence-electron chi connectivity index (χ3n) is 1.94. The Bertz CT molecular complexity index is 300. The van der Waals surface area contributed by atoms with E-state index in [-0.39, 0.29) is 0 Å². The molecule has 1 aromatic rings. The number of halogens is 2. The van der Waals surface area contributed by atoms with Gasteiger partial charge in [0.1, 0.15) is 11.0 Å². The average Bonchev–Trinajstić information content (AvgIpc) is 2.81. The molecule has 0 N–H and O–H groups in total. The molecule has 64 valence electrons. The summed E-state index contributed by atoms with van der Waals surface area (Å²) in [7, 11) is 0. The summed E-state index contributed by atoms with van der Waals surface area (Å²) in [4.78, 5) is 8.56. The molecule has 0 amide bonds. The van der Waals surface area contributed by atoms with Crippen LogP contribution in [-0.2, 0) is 0 Å². The van der Waals surface area contributed by atoms with E-state index in [0.717, 1.165) is 16.0 Å². The zero-order chi connectivity index (χ0) is 8.72. The summed E-state index contributed by atoms with van der Waals surface area (Å²) >= 11 is 9.22. The van der Waals surface area contributed by atoms with Crippen LogP contribution in [-0.4, -0.2) is 9.97 Å². The summed E-state index contributed by atoms with van der Waals surface area (Å²) < 4.78 is 0.813. The fourth-order valence-electron chi connectivity index (χ4n) is 1.07. The van der Waals surface area contributed by atoms with E-state index < -0.39 is 0 Å². The molecule has 0 radical (unpaired) electrons. The number of hydrogen-bond acceptors (Lipinski definition) is 2. The molecule has 0 unspecified atom stereocenters. The second kappa shape index (κ2) is 2.96. The molecule has 1 saturated carbocycles. The maximum Gasteiger partial charge on any atom is 0.147 e. The van der Waals surface area contributed by atoms with Gasteiger partial charge in [0.25, 0.3) is 0 Å². The Morgan fingerprint density at radius 1 is 1.42 bits per heavy atom. The van der Waals surface area contributed by atoms with E-state index in [2.05, 4.69) is 25.9 Å². The third kappa shape index (κ3) is 1.48. The van der Waals surface area contributed by atoms with E-state index in [1.807, 2.05) is 6.92 Å². The number of hydrogen-bond donors (Lipinski definition) is 0. The van der Waals surface area contributed by atoms with Gasteiger partial charge in [0.2, 0.25) is 0 Å². The maximum absolute atomic E-state index is 5.89. The smallest absolute Gasteiger partial charge is 0.147 e. The van der Waals surface area contributed by atoms with Gasteiger partial charge in [-0.2, -0.15) is 0 Å². The van der Waals surface area contributed by atoms with Crippen molar-refractivity contribution in [1.29, 1.82) is 0 Å². The van der Waals surface area contributed by atoms with Crippen molar-refractivity contribution in [3.05, 3.63) is 21.1 Å². The summed E-state index contributed by atoms with van der Waals surface area (Å²) in [5.41, 5.74) is 0.928. The van der Waals surface area contributed by atoms with Crippen molar-refractivity contribution in [1.82, 2.24) is 9.97 Å². The SMILES string of the molecule is Cc1nc(C2CC2)nc(Cl)c1Br. The predicted molar refractivity (Wildman–Crippen MR) is 51.5 cm³/mol. The van der Waals surface area contributed by atoms with Crippen LogP contribution in [0.15, 0.2) is 4.47 Å². The number of aryl methyl sites for hydroxylation is 1. The molecular formula is C8H8BrClN2. The van der Waals surface area contributed by atoms with Gasteiger partial charge in [0.15, 0.2) is 0 Å². The lowest BCUT2D eigenvalue weighted by atomic mass is 10.3. The van der Waals surface area contributed by atoms with Gasteiger partial charge < -0.3 is 0 Å². The highest BCUT2D eigenvalue weighted by molar-refractivity contribution is 9.10. The number of nitrogens with zero attached hydrogens (tertiary/aromatic N) is 2. The van der Waals surface area contributed by atoms with Gasteiger partial charge in [-0.1, -0.05) is 11.6 Å². The minimum absolute atomic E-state index is 0.532. The lowest BCUT2D eigenvalue weighted by molar-refractivity contribution is 0.899. The van der Waals surface area contributed by atoms with Crippen LogP contribution in [0.25, 0.3) is 0 Å². The van der Waals surface area contributed by atoms with E-state index in [9.17, 15) is 0 Å². The van der Waals surface area contributed by atoms with E-state index in [1.54, 1.807) is 0 Å². The van der Waals surface area contributed by atoms with Crippen molar-refractivity contribution in [3.8, 4) is 0 Å². The molecule has 0 aliphatic heterocycles. The van der Waals surface area contributed by atoms with Crippen LogP contribution >= 0.6 is 27.5 Å². The molecular weight excluding hydrogens is 239 g/mol. The summed E-state index contributed by atoms with van der Waals surface area (Å²) in [6, 6.07) is 0. The third-order valence-corrected chi connectivity index (χ3v) is 3.39. The van der Waals surface area contributed by atoms with Crippen LogP contribution < -0.4 is 0 Å². The molecule has 12 heavy (non-hydrogen) atoms. The Balaban J connectivity index is 2.45. The second-order valence-corrected chi connectivity index (χ2v) is 4.20. The molecule has 2 rings (SSSR count). The van der Waals surface area contributed by atoms with Crippen molar-refractivity contribution in [2.24, 2.45) is 0 Å². The predicted octanol–water partition coefficient (Wildman–Crippen LogP) is 3.08. The van der Waals surface area contributed by atoms with Gasteiger partial charge in [0, 0.05) is 5.92 Å². The Morgan fingerprint density at radius 2 is 2.08 bits per heavy atom. The molecule has 1 heterocycles. The van der Waals surface area contributed by atoms with Gasteiger partial charge in [-0.15, -0.1) is 0 Å². The molecule has 0 bridgehead atoms. The fraction of sp³-hybridized carbons (Fsp3) is 0.500. The lowest BCUT2D eigenvalue weighted by Gasteiger charge is -2.02. The van der Waals surface area contributed by atoms with Crippen LogP contribution in [0.3, 0.4) is 0 Å². The average molecular weight is 248 g/mol. The Labute approximate surface area is 84.5 Å². The molecule has 4 heteroatoms. The Hall–Kier alpha value is -0.150. The van der Waals surface area contributed by atoms with E-state index >= 15 is 0 Å². The molecule has 0 spiro atoms. The van der Waals surface area contributed by atoms with Gasteiger partial charge in [-0.3, -0.25) is 0 Å². The summed E-state index contributed by atoms with van der Waals surface area (Å²) in [5, 5.41) is 0.532. The Kier molecular flexibility index (Phi) is 2.09. The first-order chi connectivity index (χ1) is 5.68. The number of aromatic nitrogens is 2. The van der Waals surface area contributed by atoms with Crippen LogP contribution in [0.4, 0.5) is 0 Å². The van der Waals surface area contributed by atoms with Crippen LogP contribution in [0.1, 0.15) is 30.3 Å². The molecule has 0 saturated heterocycles. The van der Waals surface area contributed by atoms with Crippen LogP contribution in [0, 0.1) is 6.92 Å². The van der Waals surface area contributed by atoms with Crippen molar-refractivity contribution < 1.29 is 0 Å². The number of rotatable bonds is 1. The lowest BCUT2D eigenvalue weighted by Crippen LogP contribution is -1.96. The van der Waals surface area contributed by atoms with E-state index in [1.165, 1.54) is 12.8 Å². The monoisotopic (exact) mass is 246 g/mol. The minimum atomic E-state index is 0.532. The van der Waals surface area contributed by atoms with E-state index in [4.69, 9.17) is 11.6 Å². The molecule has 2 nitrogen and oxygen atoms in total. The highest BCUT2D eigenvalue weighted by Gasteiger charge is 2.27. The van der Waals surface area contributed by atoms with Crippen molar-refractivity contribution in [2.45, 2.75) is 25.7 Å². The Morgan fingerprint density at radius 3 is 2.58 bits per heavy atom. The second-order valence-electron chi connectivity index (χ2n) is 3.05. The fourth-order valence-corrected chi connectivity index (χ4v) is 1.47. The molecule has 0 aromatic carbocycles. The van der Waals surface area contributed by atoms with Gasteiger partial charge in [0.05, 0.1) is 10.2 Å². The summed E-state index contributed by atoms with van der Waals surface area (Å²) in [5.74, 6) is 1.47. The van der Waals surface area contributed by atoms with Crippen LogP contribution in [0.5, 0.6) is 0 Å². The molecule has 1 aliphatic carbocycles. The molecule has 1 aliphatic rings. The first kappa shape index (κ1) is 8.45. The maximum atomic E-state index is 5.89. The first-order valence-corrected chi connectivity index (χ1v) is 5.05. The topological polar surface area (TPSA) is 25.8 Å². The van der Waals surface area contributed by atoms with Gasteiger partial charge >= 0.3 is 0 Å². The molecule has 1 fully saturated rings. The highest BCUT2D eigenvalue weighted by atomic mass is 79.9. The quantitative estimate of drug-likeness (QED) is 0.713. The molecule has 1 aromatic heterocycles. The van der Waals surface area contributed by atoms with Crippen LogP contribution in [0.2, 0.25) is 5.15 Å². The molecule has 0 atom stereocenters. The van der Waals surface area contributed by atoms with E-state index in [0.29, 0.717) is 11.1 Å². The zero-order valence-electron chi connectivity index (χ0n) is 6.64. The van der Waals surface area contributed by atoms with Gasteiger partial charge in [-0.25, -0.2) is 9.97 Å². The van der Waals surface area contributed by atoms with Crippen molar-refractivity contribution in [3.63, 3.8) is 0 Å². The van der Waals surface area contributed by atoms with Crippen molar-refractivity contribution in [2.75, 3.05) is 0 Å². The summed E-state index contributed by atoms with van der Waals surface area (Å²) in [6.07, 6.45) is 2.41. The standard InChI is InChI=1S/C8H8BrClN2/c1-4-6(9)7(10)12-8(11-4)5-2-3-5/h5H,2-3H2,1H3. The summed E-state index contributed by atoms with van der Waals surface area (Å²) in [6.45, 7) is 1.93. The minimum Gasteiger partial charge on any atom is -0.237 e. The highest BCUT2D eigenvalue weighted by Crippen LogP contribution is 2.39. The van der Waals surface area contributed by atoms with Gasteiger partial charge in [-0.05, 0) is 35.7 Å². The first-order valence-electron chi connectivity index (χ1n) is 3.88. The van der Waals surface area contributed by atoms with Crippen molar-refractivity contribution >= 4 is 27.5 Å². The largest absolute Gasteiger partial charge is 0.237 e. The zero-order valence-corrected chi connectivity index (χ0v) is 8.98. The normalized spacial score (nSPS) is 16.6.